The van der Waals surface area contributed by atoms with Crippen LogP contribution in [0, 0.1) is 0 Å². The first-order valence-corrected chi connectivity index (χ1v) is 8.93. The van der Waals surface area contributed by atoms with E-state index in [0.717, 1.165) is 16.4 Å². The normalized spacial score (nSPS) is 12.2. The van der Waals surface area contributed by atoms with Crippen molar-refractivity contribution in [2.75, 3.05) is 19.4 Å². The Bertz CT molecular complexity index is 892. The van der Waals surface area contributed by atoms with Crippen LogP contribution < -0.4 is 5.32 Å². The quantitative estimate of drug-likeness (QED) is 0.859. The van der Waals surface area contributed by atoms with Crippen LogP contribution in [0.2, 0.25) is 0 Å². The number of alkyl halides is 3. The summed E-state index contributed by atoms with van der Waals surface area (Å²) in [6, 6.07) is 10.0. The van der Waals surface area contributed by atoms with Crippen molar-refractivity contribution >= 4 is 21.6 Å². The lowest BCUT2D eigenvalue weighted by Gasteiger charge is -2.13. The Morgan fingerprint density at radius 2 is 1.69 bits per heavy atom. The molecule has 0 saturated carbocycles. The first-order valence-electron chi connectivity index (χ1n) is 7.49. The Labute approximate surface area is 149 Å². The third-order valence-electron chi connectivity index (χ3n) is 3.54. The molecule has 140 valence electrons. The van der Waals surface area contributed by atoms with Crippen molar-refractivity contribution in [3.8, 4) is 0 Å². The molecule has 0 spiro atoms. The summed E-state index contributed by atoms with van der Waals surface area (Å²) in [6.45, 7) is 0. The van der Waals surface area contributed by atoms with Gasteiger partial charge in [-0.25, -0.2) is 12.7 Å². The summed E-state index contributed by atoms with van der Waals surface area (Å²) in [7, 11) is -0.849. The first-order chi connectivity index (χ1) is 12.0. The minimum atomic E-state index is -4.43. The molecule has 0 aliphatic heterocycles. The molecule has 9 heteroatoms. The second-order valence-electron chi connectivity index (χ2n) is 5.73. The maximum absolute atomic E-state index is 12.5. The van der Waals surface area contributed by atoms with E-state index in [1.807, 2.05) is 0 Å². The topological polar surface area (TPSA) is 66.5 Å². The molecule has 0 saturated heterocycles. The van der Waals surface area contributed by atoms with Crippen molar-refractivity contribution in [1.29, 1.82) is 0 Å². The molecule has 5 nitrogen and oxygen atoms in total. The first kappa shape index (κ1) is 19.9. The van der Waals surface area contributed by atoms with E-state index in [-0.39, 0.29) is 17.0 Å². The Kier molecular flexibility index (Phi) is 5.72. The van der Waals surface area contributed by atoms with Gasteiger partial charge in [0.2, 0.25) is 15.9 Å². The van der Waals surface area contributed by atoms with Crippen LogP contribution in [-0.4, -0.2) is 32.7 Å². The number of amides is 1. The fraction of sp³-hybridized carbons (Fsp3) is 0.235. The molecule has 0 aliphatic rings. The lowest BCUT2D eigenvalue weighted by atomic mass is 10.1. The molecule has 0 aromatic heterocycles. The summed E-state index contributed by atoms with van der Waals surface area (Å²) in [4.78, 5) is 12.1. The van der Waals surface area contributed by atoms with Crippen molar-refractivity contribution in [1.82, 2.24) is 4.31 Å². The summed E-state index contributed by atoms with van der Waals surface area (Å²) in [5.41, 5.74) is -0.0966. The van der Waals surface area contributed by atoms with Gasteiger partial charge in [0.25, 0.3) is 0 Å². The molecule has 0 aliphatic carbocycles. The summed E-state index contributed by atoms with van der Waals surface area (Å²) in [5.74, 6) is -0.468. The SMILES string of the molecule is CN(C)S(=O)(=O)c1cccc(NC(=O)Cc2ccc(C(F)(F)F)cc2)c1. The average Bonchev–Trinajstić information content (AvgIpc) is 2.54. The second-order valence-corrected chi connectivity index (χ2v) is 7.89. The number of anilines is 1. The zero-order valence-corrected chi connectivity index (χ0v) is 14.9. The smallest absolute Gasteiger partial charge is 0.326 e. The third kappa shape index (κ3) is 4.83. The van der Waals surface area contributed by atoms with Crippen molar-refractivity contribution in [3.05, 3.63) is 59.7 Å². The fourth-order valence-electron chi connectivity index (χ4n) is 2.15. The van der Waals surface area contributed by atoms with Gasteiger partial charge in [-0.2, -0.15) is 13.2 Å². The largest absolute Gasteiger partial charge is 0.416 e. The van der Waals surface area contributed by atoms with E-state index >= 15 is 0 Å². The zero-order chi connectivity index (χ0) is 19.5. The van der Waals surface area contributed by atoms with Gasteiger partial charge < -0.3 is 5.32 Å². The molecular weight excluding hydrogens is 369 g/mol. The molecule has 2 aromatic carbocycles. The molecule has 0 heterocycles. The number of carbonyl (C=O) groups is 1. The standard InChI is InChI=1S/C17H17F3N2O3S/c1-22(2)26(24,25)15-5-3-4-14(11-15)21-16(23)10-12-6-8-13(9-7-12)17(18,19)20/h3-9,11H,10H2,1-2H3,(H,21,23). The fourth-order valence-corrected chi connectivity index (χ4v) is 3.10. The Hall–Kier alpha value is -2.39. The Morgan fingerprint density at radius 1 is 1.08 bits per heavy atom. The molecular formula is C17H17F3N2O3S. The van der Waals surface area contributed by atoms with Gasteiger partial charge >= 0.3 is 6.18 Å². The molecule has 2 rings (SSSR count). The van der Waals surface area contributed by atoms with Crippen LogP contribution in [0.25, 0.3) is 0 Å². The minimum Gasteiger partial charge on any atom is -0.326 e. The number of hydrogen-bond donors (Lipinski definition) is 1. The lowest BCUT2D eigenvalue weighted by molar-refractivity contribution is -0.137. The zero-order valence-electron chi connectivity index (χ0n) is 14.0. The highest BCUT2D eigenvalue weighted by molar-refractivity contribution is 7.89. The number of rotatable bonds is 5. The van der Waals surface area contributed by atoms with E-state index in [1.54, 1.807) is 0 Å². The van der Waals surface area contributed by atoms with E-state index in [4.69, 9.17) is 0 Å². The number of nitrogens with one attached hydrogen (secondary N) is 1. The molecule has 0 radical (unpaired) electrons. The van der Waals surface area contributed by atoms with Gasteiger partial charge in [-0.15, -0.1) is 0 Å². The van der Waals surface area contributed by atoms with Gasteiger partial charge in [-0.3, -0.25) is 4.79 Å². The summed E-state index contributed by atoms with van der Waals surface area (Å²) in [5, 5.41) is 2.54. The monoisotopic (exact) mass is 386 g/mol. The summed E-state index contributed by atoms with van der Waals surface area (Å²) in [6.07, 6.45) is -4.57. The third-order valence-corrected chi connectivity index (χ3v) is 5.35. The number of benzene rings is 2. The van der Waals surface area contributed by atoms with Crippen molar-refractivity contribution < 1.29 is 26.4 Å². The second kappa shape index (κ2) is 7.46. The molecule has 26 heavy (non-hydrogen) atoms. The highest BCUT2D eigenvalue weighted by Gasteiger charge is 2.30. The molecule has 0 unspecified atom stereocenters. The predicted octanol–water partition coefficient (Wildman–Crippen LogP) is 3.14. The predicted molar refractivity (Wildman–Crippen MR) is 91.1 cm³/mol. The highest BCUT2D eigenvalue weighted by atomic mass is 32.2. The van der Waals surface area contributed by atoms with Crippen molar-refractivity contribution in [2.24, 2.45) is 0 Å². The number of nitrogens with zero attached hydrogens (tertiary/aromatic N) is 1. The van der Waals surface area contributed by atoms with Crippen LogP contribution in [0.5, 0.6) is 0 Å². The average molecular weight is 386 g/mol. The van der Waals surface area contributed by atoms with Crippen LogP contribution >= 0.6 is 0 Å². The number of hydrogen-bond acceptors (Lipinski definition) is 3. The van der Waals surface area contributed by atoms with E-state index in [9.17, 15) is 26.4 Å². The van der Waals surface area contributed by atoms with Gasteiger partial charge in [-0.05, 0) is 35.9 Å². The van der Waals surface area contributed by atoms with Crippen molar-refractivity contribution in [3.63, 3.8) is 0 Å². The maximum atomic E-state index is 12.5. The van der Waals surface area contributed by atoms with Gasteiger partial charge in [0.05, 0.1) is 16.9 Å². The van der Waals surface area contributed by atoms with E-state index < -0.39 is 27.7 Å². The van der Waals surface area contributed by atoms with E-state index in [0.29, 0.717) is 5.56 Å². The molecule has 1 amide bonds. The molecule has 1 N–H and O–H groups in total. The Balaban J connectivity index is 2.09. The van der Waals surface area contributed by atoms with Crippen LogP contribution in [-0.2, 0) is 27.4 Å². The Morgan fingerprint density at radius 3 is 2.23 bits per heavy atom. The molecule has 0 fully saturated rings. The number of carbonyl (C=O) groups excluding carboxylic acids is 1. The van der Waals surface area contributed by atoms with Crippen LogP contribution in [0.3, 0.4) is 0 Å². The van der Waals surface area contributed by atoms with Gasteiger partial charge in [-0.1, -0.05) is 18.2 Å². The van der Waals surface area contributed by atoms with E-state index in [1.165, 1.54) is 50.5 Å². The highest BCUT2D eigenvalue weighted by Crippen LogP contribution is 2.29. The van der Waals surface area contributed by atoms with Crippen molar-refractivity contribution in [2.45, 2.75) is 17.5 Å². The summed E-state index contributed by atoms with van der Waals surface area (Å²) < 4.78 is 62.8. The molecule has 0 atom stereocenters. The van der Waals surface area contributed by atoms with Crippen LogP contribution in [0.4, 0.5) is 18.9 Å². The van der Waals surface area contributed by atoms with Crippen LogP contribution in [0.1, 0.15) is 11.1 Å². The van der Waals surface area contributed by atoms with Crippen LogP contribution in [0.15, 0.2) is 53.4 Å². The number of halogens is 3. The minimum absolute atomic E-state index is 0.0230. The molecule has 2 aromatic rings. The summed E-state index contributed by atoms with van der Waals surface area (Å²) >= 11 is 0. The lowest BCUT2D eigenvalue weighted by Crippen LogP contribution is -2.22. The molecule has 0 bridgehead atoms. The maximum Gasteiger partial charge on any atom is 0.416 e. The van der Waals surface area contributed by atoms with Gasteiger partial charge in [0.1, 0.15) is 0 Å². The van der Waals surface area contributed by atoms with Gasteiger partial charge in [0, 0.05) is 19.8 Å². The van der Waals surface area contributed by atoms with Gasteiger partial charge in [0.15, 0.2) is 0 Å². The van der Waals surface area contributed by atoms with E-state index in [2.05, 4.69) is 5.32 Å². The number of sulfonamides is 1.